The van der Waals surface area contributed by atoms with Crippen molar-refractivity contribution in [1.29, 1.82) is 0 Å². The topological polar surface area (TPSA) is 50.1 Å². The third-order valence-electron chi connectivity index (χ3n) is 6.10. The minimum absolute atomic E-state index is 0.465. The van der Waals surface area contributed by atoms with Crippen molar-refractivity contribution >= 4 is 0 Å². The van der Waals surface area contributed by atoms with Gasteiger partial charge in [0.15, 0.2) is 0 Å². The first-order valence-electron chi connectivity index (χ1n) is 13.5. The Morgan fingerprint density at radius 1 is 0.483 bits per heavy atom. The van der Waals surface area contributed by atoms with E-state index >= 15 is 0 Å². The van der Waals surface area contributed by atoms with E-state index < -0.39 is 0 Å². The largest absolute Gasteiger partial charge is 0.330 e. The first-order chi connectivity index (χ1) is 14.3. The molecule has 0 radical (unpaired) electrons. The fourth-order valence-corrected chi connectivity index (χ4v) is 4.04. The number of hydrogen-bond acceptors (Lipinski definition) is 3. The Bertz CT molecular complexity index is 283. The highest BCUT2D eigenvalue weighted by Crippen LogP contribution is 2.14. The van der Waals surface area contributed by atoms with Gasteiger partial charge < -0.3 is 16.4 Å². The van der Waals surface area contributed by atoms with E-state index in [1.807, 2.05) is 0 Å². The molecule has 3 nitrogen and oxygen atoms in total. The smallest absolute Gasteiger partial charge is 0.0568 e. The second-order valence-corrected chi connectivity index (χ2v) is 9.02. The summed E-state index contributed by atoms with van der Waals surface area (Å²) in [5.41, 5.74) is 5.55. The van der Waals surface area contributed by atoms with Gasteiger partial charge in [-0.1, -0.05) is 123 Å². The molecule has 0 rings (SSSR count). The lowest BCUT2D eigenvalue weighted by molar-refractivity contribution is 0.404. The highest BCUT2D eigenvalue weighted by atomic mass is 15.1. The number of hydrogen-bond donors (Lipinski definition) is 3. The van der Waals surface area contributed by atoms with Gasteiger partial charge in [0, 0.05) is 0 Å². The third kappa shape index (κ3) is 24.0. The van der Waals surface area contributed by atoms with Crippen molar-refractivity contribution in [3.8, 4) is 0 Å². The van der Waals surface area contributed by atoms with E-state index in [2.05, 4.69) is 24.5 Å². The van der Waals surface area contributed by atoms with Crippen molar-refractivity contribution in [1.82, 2.24) is 10.6 Å². The van der Waals surface area contributed by atoms with E-state index in [1.54, 1.807) is 0 Å². The van der Waals surface area contributed by atoms with Crippen LogP contribution in [0.15, 0.2) is 0 Å². The van der Waals surface area contributed by atoms with Crippen LogP contribution >= 0.6 is 0 Å². The van der Waals surface area contributed by atoms with E-state index in [4.69, 9.17) is 5.73 Å². The standard InChI is InChI=1S/C26H57N3/c1-3-5-6-7-8-9-10-11-12-13-14-15-16-17-18-19-20-21-24-28-26(4-2)29-25-22-23-27/h26,28-29H,3-25,27H2,1-2H3. The van der Waals surface area contributed by atoms with E-state index in [0.717, 1.165) is 32.5 Å². The number of unbranched alkanes of at least 4 members (excludes halogenated alkanes) is 17. The van der Waals surface area contributed by atoms with Crippen LogP contribution in [-0.2, 0) is 0 Å². The molecular formula is C26H57N3. The van der Waals surface area contributed by atoms with Gasteiger partial charge in [-0.15, -0.1) is 0 Å². The SMILES string of the molecule is CCCCCCCCCCCCCCCCCCCCNC(CC)NCCCN. The van der Waals surface area contributed by atoms with Crippen molar-refractivity contribution < 1.29 is 0 Å². The zero-order valence-electron chi connectivity index (χ0n) is 20.4. The summed E-state index contributed by atoms with van der Waals surface area (Å²) < 4.78 is 0. The zero-order valence-corrected chi connectivity index (χ0v) is 20.4. The maximum atomic E-state index is 5.55. The van der Waals surface area contributed by atoms with Crippen molar-refractivity contribution in [2.75, 3.05) is 19.6 Å². The second-order valence-electron chi connectivity index (χ2n) is 9.02. The van der Waals surface area contributed by atoms with E-state index in [-0.39, 0.29) is 0 Å². The summed E-state index contributed by atoms with van der Waals surface area (Å²) in [6, 6.07) is 0. The zero-order chi connectivity index (χ0) is 21.3. The van der Waals surface area contributed by atoms with Gasteiger partial charge in [-0.05, 0) is 38.9 Å². The number of nitrogens with two attached hydrogens (primary N) is 1. The average molecular weight is 412 g/mol. The Morgan fingerprint density at radius 3 is 1.17 bits per heavy atom. The highest BCUT2D eigenvalue weighted by Gasteiger charge is 2.02. The Hall–Kier alpha value is -0.120. The Balaban J connectivity index is 3.13. The van der Waals surface area contributed by atoms with Crippen LogP contribution in [0.4, 0.5) is 0 Å². The minimum atomic E-state index is 0.465. The van der Waals surface area contributed by atoms with E-state index in [9.17, 15) is 0 Å². The van der Waals surface area contributed by atoms with Crippen molar-refractivity contribution in [2.24, 2.45) is 5.73 Å². The quantitative estimate of drug-likeness (QED) is 0.109. The van der Waals surface area contributed by atoms with Gasteiger partial charge in [-0.3, -0.25) is 0 Å². The molecule has 4 N–H and O–H groups in total. The van der Waals surface area contributed by atoms with Gasteiger partial charge in [0.2, 0.25) is 0 Å². The fraction of sp³-hybridized carbons (Fsp3) is 1.00. The summed E-state index contributed by atoms with van der Waals surface area (Å²) in [4.78, 5) is 0. The minimum Gasteiger partial charge on any atom is -0.330 e. The van der Waals surface area contributed by atoms with Crippen molar-refractivity contribution in [2.45, 2.75) is 148 Å². The predicted octanol–water partition coefficient (Wildman–Crippen LogP) is 7.29. The van der Waals surface area contributed by atoms with Crippen LogP contribution in [0.5, 0.6) is 0 Å². The number of nitrogens with one attached hydrogen (secondary N) is 2. The molecule has 0 bridgehead atoms. The molecule has 0 heterocycles. The van der Waals surface area contributed by atoms with Crippen LogP contribution < -0.4 is 16.4 Å². The molecule has 0 amide bonds. The fourth-order valence-electron chi connectivity index (χ4n) is 4.04. The first kappa shape index (κ1) is 28.9. The van der Waals surface area contributed by atoms with Crippen LogP contribution in [0, 0.1) is 0 Å². The molecule has 3 heteroatoms. The van der Waals surface area contributed by atoms with E-state index in [1.165, 1.54) is 116 Å². The molecule has 176 valence electrons. The van der Waals surface area contributed by atoms with E-state index in [0.29, 0.717) is 6.17 Å². The van der Waals surface area contributed by atoms with Gasteiger partial charge >= 0.3 is 0 Å². The van der Waals surface area contributed by atoms with Crippen LogP contribution in [-0.4, -0.2) is 25.8 Å². The van der Waals surface area contributed by atoms with Gasteiger partial charge in [0.25, 0.3) is 0 Å². The molecule has 0 aliphatic rings. The van der Waals surface area contributed by atoms with Crippen molar-refractivity contribution in [3.63, 3.8) is 0 Å². The molecule has 0 aromatic heterocycles. The maximum Gasteiger partial charge on any atom is 0.0568 e. The van der Waals surface area contributed by atoms with Gasteiger partial charge in [-0.2, -0.15) is 0 Å². The maximum absolute atomic E-state index is 5.55. The summed E-state index contributed by atoms with van der Waals surface area (Å²) in [5, 5.41) is 7.17. The Morgan fingerprint density at radius 2 is 0.828 bits per heavy atom. The normalized spacial score (nSPS) is 12.5. The molecular weight excluding hydrogens is 354 g/mol. The van der Waals surface area contributed by atoms with Crippen LogP contribution in [0.25, 0.3) is 0 Å². The summed E-state index contributed by atoms with van der Waals surface area (Å²) in [6.45, 7) is 7.49. The molecule has 0 aromatic carbocycles. The molecule has 0 aliphatic carbocycles. The predicted molar refractivity (Wildman–Crippen MR) is 133 cm³/mol. The molecule has 1 atom stereocenters. The van der Waals surface area contributed by atoms with Crippen LogP contribution in [0.1, 0.15) is 142 Å². The lowest BCUT2D eigenvalue weighted by atomic mass is 10.0. The van der Waals surface area contributed by atoms with Crippen LogP contribution in [0.2, 0.25) is 0 Å². The summed E-state index contributed by atoms with van der Waals surface area (Å²) in [6.07, 6.45) is 28.6. The average Bonchev–Trinajstić information content (AvgIpc) is 2.74. The monoisotopic (exact) mass is 411 g/mol. The molecule has 0 saturated heterocycles. The first-order valence-corrected chi connectivity index (χ1v) is 13.5. The molecule has 1 unspecified atom stereocenters. The van der Waals surface area contributed by atoms with Crippen molar-refractivity contribution in [3.05, 3.63) is 0 Å². The molecule has 0 spiro atoms. The molecule has 0 fully saturated rings. The Kier molecular flexibility index (Phi) is 25.8. The van der Waals surface area contributed by atoms with Gasteiger partial charge in [-0.25, -0.2) is 0 Å². The third-order valence-corrected chi connectivity index (χ3v) is 6.10. The van der Waals surface area contributed by atoms with Crippen LogP contribution in [0.3, 0.4) is 0 Å². The summed E-state index contributed by atoms with van der Waals surface area (Å²) >= 11 is 0. The summed E-state index contributed by atoms with van der Waals surface area (Å²) in [7, 11) is 0. The Labute approximate surface area is 184 Å². The highest BCUT2D eigenvalue weighted by molar-refractivity contribution is 4.62. The number of rotatable bonds is 25. The van der Waals surface area contributed by atoms with Gasteiger partial charge in [0.1, 0.15) is 0 Å². The second kappa shape index (κ2) is 25.9. The lowest BCUT2D eigenvalue weighted by Gasteiger charge is -2.18. The molecule has 0 aromatic rings. The molecule has 0 aliphatic heterocycles. The molecule has 29 heavy (non-hydrogen) atoms. The lowest BCUT2D eigenvalue weighted by Crippen LogP contribution is -2.42. The summed E-state index contributed by atoms with van der Waals surface area (Å²) in [5.74, 6) is 0. The van der Waals surface area contributed by atoms with Gasteiger partial charge in [0.05, 0.1) is 6.17 Å². The molecule has 0 saturated carbocycles.